The highest BCUT2D eigenvalue weighted by atomic mass is 16.2. The van der Waals surface area contributed by atoms with Crippen LogP contribution < -0.4 is 0 Å². The highest BCUT2D eigenvalue weighted by Crippen LogP contribution is 2.22. The van der Waals surface area contributed by atoms with Crippen molar-refractivity contribution >= 4 is 17.9 Å². The van der Waals surface area contributed by atoms with Gasteiger partial charge in [-0.25, -0.2) is 0 Å². The van der Waals surface area contributed by atoms with Gasteiger partial charge in [-0.05, 0) is 29.8 Å². The number of carbonyl (C=O) groups excluding carboxylic acids is 2. The van der Waals surface area contributed by atoms with Gasteiger partial charge in [-0.3, -0.25) is 19.5 Å². The Morgan fingerprint density at radius 2 is 1.55 bits per heavy atom. The number of pyridine rings is 1. The molecule has 0 saturated carbocycles. The van der Waals surface area contributed by atoms with Gasteiger partial charge in [0.2, 0.25) is 0 Å². The summed E-state index contributed by atoms with van der Waals surface area (Å²) < 4.78 is 0. The van der Waals surface area contributed by atoms with E-state index in [1.165, 1.54) is 4.90 Å². The summed E-state index contributed by atoms with van der Waals surface area (Å²) in [6, 6.07) is 10.6. The minimum absolute atomic E-state index is 0.232. The minimum atomic E-state index is -0.232. The number of hydrogen-bond acceptors (Lipinski definition) is 3. The molecule has 2 aromatic rings. The number of nitrogens with zero attached hydrogens (tertiary/aromatic N) is 2. The highest BCUT2D eigenvalue weighted by molar-refractivity contribution is 6.21. The van der Waals surface area contributed by atoms with Gasteiger partial charge >= 0.3 is 0 Å². The summed E-state index contributed by atoms with van der Waals surface area (Å²) in [6.45, 7) is 0.272. The molecule has 20 heavy (non-hydrogen) atoms. The summed E-state index contributed by atoms with van der Waals surface area (Å²) >= 11 is 0. The average Bonchev–Trinajstić information content (AvgIpc) is 2.74. The van der Waals surface area contributed by atoms with Crippen molar-refractivity contribution < 1.29 is 9.59 Å². The third-order valence-electron chi connectivity index (χ3n) is 3.18. The second-order valence-corrected chi connectivity index (χ2v) is 4.45. The Kier molecular flexibility index (Phi) is 3.13. The molecule has 4 nitrogen and oxygen atoms in total. The highest BCUT2D eigenvalue weighted by Gasteiger charge is 2.33. The van der Waals surface area contributed by atoms with Crippen LogP contribution in [-0.2, 0) is 0 Å². The zero-order valence-corrected chi connectivity index (χ0v) is 10.7. The fourth-order valence-corrected chi connectivity index (χ4v) is 2.17. The quantitative estimate of drug-likeness (QED) is 0.800. The predicted molar refractivity (Wildman–Crippen MR) is 75.1 cm³/mol. The van der Waals surface area contributed by atoms with Crippen LogP contribution in [0.2, 0.25) is 0 Å². The van der Waals surface area contributed by atoms with Crippen LogP contribution in [-0.4, -0.2) is 28.2 Å². The second kappa shape index (κ2) is 5.09. The fourth-order valence-electron chi connectivity index (χ4n) is 2.17. The van der Waals surface area contributed by atoms with E-state index in [2.05, 4.69) is 4.98 Å². The maximum atomic E-state index is 12.1. The molecule has 1 aromatic carbocycles. The Labute approximate surface area is 116 Å². The number of benzene rings is 1. The van der Waals surface area contributed by atoms with Crippen molar-refractivity contribution in [3.05, 3.63) is 71.6 Å². The minimum Gasteiger partial charge on any atom is -0.270 e. The summed E-state index contributed by atoms with van der Waals surface area (Å²) in [4.78, 5) is 29.4. The van der Waals surface area contributed by atoms with Gasteiger partial charge in [0, 0.05) is 18.9 Å². The Morgan fingerprint density at radius 1 is 0.950 bits per heavy atom. The summed E-state index contributed by atoms with van der Waals surface area (Å²) in [5, 5.41) is 0. The van der Waals surface area contributed by atoms with Gasteiger partial charge in [0.1, 0.15) is 0 Å². The largest absolute Gasteiger partial charge is 0.270 e. The Balaban J connectivity index is 1.76. The number of hydrogen-bond donors (Lipinski definition) is 0. The average molecular weight is 264 g/mol. The normalized spacial score (nSPS) is 14.1. The molecule has 0 N–H and O–H groups in total. The molecule has 1 aliphatic heterocycles. The topological polar surface area (TPSA) is 50.3 Å². The number of imide groups is 1. The van der Waals surface area contributed by atoms with Gasteiger partial charge in [0.05, 0.1) is 11.1 Å². The summed E-state index contributed by atoms with van der Waals surface area (Å²) in [5.74, 6) is -0.463. The predicted octanol–water partition coefficient (Wildman–Crippen LogP) is 2.39. The van der Waals surface area contributed by atoms with Crippen molar-refractivity contribution in [3.63, 3.8) is 0 Å². The molecule has 1 aliphatic rings. The molecule has 98 valence electrons. The number of amides is 2. The number of aromatic nitrogens is 1. The van der Waals surface area contributed by atoms with Crippen molar-refractivity contribution in [2.45, 2.75) is 0 Å². The van der Waals surface area contributed by atoms with E-state index in [1.54, 1.807) is 42.7 Å². The Bertz CT molecular complexity index is 658. The lowest BCUT2D eigenvalue weighted by atomic mass is 10.1. The Hall–Kier alpha value is -2.75. The molecule has 2 heterocycles. The first-order valence-corrected chi connectivity index (χ1v) is 6.29. The molecule has 0 atom stereocenters. The fraction of sp³-hybridized carbons (Fsp3) is 0.0625. The van der Waals surface area contributed by atoms with Gasteiger partial charge in [-0.1, -0.05) is 24.3 Å². The molecular weight excluding hydrogens is 252 g/mol. The van der Waals surface area contributed by atoms with E-state index in [1.807, 2.05) is 18.2 Å². The zero-order valence-electron chi connectivity index (χ0n) is 10.7. The van der Waals surface area contributed by atoms with E-state index in [-0.39, 0.29) is 18.4 Å². The molecule has 2 amide bonds. The number of fused-ring (bicyclic) bond motifs is 1. The van der Waals surface area contributed by atoms with Gasteiger partial charge in [-0.15, -0.1) is 0 Å². The standard InChI is InChI=1S/C16H12N2O2/c19-15-13-5-1-2-6-14(13)16(20)18(15)11-3-4-12-7-9-17-10-8-12/h1-10H,11H2. The van der Waals surface area contributed by atoms with Crippen molar-refractivity contribution in [2.24, 2.45) is 0 Å². The maximum absolute atomic E-state index is 12.1. The lowest BCUT2D eigenvalue weighted by Crippen LogP contribution is -2.29. The second-order valence-electron chi connectivity index (χ2n) is 4.45. The first-order chi connectivity index (χ1) is 9.77. The van der Waals surface area contributed by atoms with Crippen LogP contribution in [0.4, 0.5) is 0 Å². The molecule has 3 rings (SSSR count). The van der Waals surface area contributed by atoms with Crippen molar-refractivity contribution in [3.8, 4) is 0 Å². The zero-order chi connectivity index (χ0) is 13.9. The number of carbonyl (C=O) groups is 2. The smallest absolute Gasteiger partial charge is 0.261 e. The first kappa shape index (κ1) is 12.3. The SMILES string of the molecule is O=C1c2ccccc2C(=O)N1CC=Cc1ccncc1. The molecule has 0 fully saturated rings. The molecule has 0 saturated heterocycles. The van der Waals surface area contributed by atoms with Crippen LogP contribution in [0.5, 0.6) is 0 Å². The first-order valence-electron chi connectivity index (χ1n) is 6.29. The van der Waals surface area contributed by atoms with E-state index in [9.17, 15) is 9.59 Å². The van der Waals surface area contributed by atoms with Crippen LogP contribution >= 0.6 is 0 Å². The van der Waals surface area contributed by atoms with Crippen LogP contribution in [0.25, 0.3) is 6.08 Å². The van der Waals surface area contributed by atoms with Crippen molar-refractivity contribution in [1.82, 2.24) is 9.88 Å². The van der Waals surface area contributed by atoms with Crippen LogP contribution in [0, 0.1) is 0 Å². The molecule has 0 spiro atoms. The molecule has 0 aliphatic carbocycles. The maximum Gasteiger partial charge on any atom is 0.261 e. The summed E-state index contributed by atoms with van der Waals surface area (Å²) in [7, 11) is 0. The monoisotopic (exact) mass is 264 g/mol. The lowest BCUT2D eigenvalue weighted by Gasteiger charge is -2.10. The van der Waals surface area contributed by atoms with Crippen LogP contribution in [0.3, 0.4) is 0 Å². The van der Waals surface area contributed by atoms with Gasteiger partial charge in [0.15, 0.2) is 0 Å². The van der Waals surface area contributed by atoms with Gasteiger partial charge in [-0.2, -0.15) is 0 Å². The molecule has 1 aromatic heterocycles. The van der Waals surface area contributed by atoms with E-state index in [4.69, 9.17) is 0 Å². The van der Waals surface area contributed by atoms with E-state index in [0.29, 0.717) is 11.1 Å². The Morgan fingerprint density at radius 3 is 2.15 bits per heavy atom. The third-order valence-corrected chi connectivity index (χ3v) is 3.18. The molecule has 4 heteroatoms. The van der Waals surface area contributed by atoms with Crippen molar-refractivity contribution in [1.29, 1.82) is 0 Å². The van der Waals surface area contributed by atoms with Gasteiger partial charge < -0.3 is 0 Å². The lowest BCUT2D eigenvalue weighted by molar-refractivity contribution is 0.0672. The van der Waals surface area contributed by atoms with E-state index >= 15 is 0 Å². The molecule has 0 radical (unpaired) electrons. The number of rotatable bonds is 3. The van der Waals surface area contributed by atoms with Crippen LogP contribution in [0.1, 0.15) is 26.3 Å². The van der Waals surface area contributed by atoms with E-state index in [0.717, 1.165) is 5.56 Å². The van der Waals surface area contributed by atoms with Crippen molar-refractivity contribution in [2.75, 3.05) is 6.54 Å². The third kappa shape index (κ3) is 2.12. The molecule has 0 unspecified atom stereocenters. The van der Waals surface area contributed by atoms with Crippen LogP contribution in [0.15, 0.2) is 54.9 Å². The molecule has 0 bridgehead atoms. The van der Waals surface area contributed by atoms with E-state index < -0.39 is 0 Å². The summed E-state index contributed by atoms with van der Waals surface area (Å²) in [6.07, 6.45) is 7.06. The summed E-state index contributed by atoms with van der Waals surface area (Å²) in [5.41, 5.74) is 1.95. The molecular formula is C16H12N2O2. The van der Waals surface area contributed by atoms with Gasteiger partial charge in [0.25, 0.3) is 11.8 Å².